The van der Waals surface area contributed by atoms with Crippen LogP contribution in [0.3, 0.4) is 0 Å². The van der Waals surface area contributed by atoms with Crippen LogP contribution in [0.5, 0.6) is 0 Å². The maximum atomic E-state index is 6.33. The minimum absolute atomic E-state index is 0.142. The van der Waals surface area contributed by atoms with Gasteiger partial charge in [-0.3, -0.25) is 0 Å². The first-order valence-electron chi connectivity index (χ1n) is 6.70. The average molecular weight is 280 g/mol. The monoisotopic (exact) mass is 279 g/mol. The Morgan fingerprint density at radius 2 is 1.95 bits per heavy atom. The van der Waals surface area contributed by atoms with E-state index in [1.165, 1.54) is 10.9 Å². The van der Waals surface area contributed by atoms with E-state index in [4.69, 9.17) is 16.0 Å². The van der Waals surface area contributed by atoms with Gasteiger partial charge in [0.15, 0.2) is 0 Å². The van der Waals surface area contributed by atoms with E-state index in [1.807, 2.05) is 19.3 Å². The highest BCUT2D eigenvalue weighted by molar-refractivity contribution is 6.33. The topological polar surface area (TPSA) is 25.2 Å². The van der Waals surface area contributed by atoms with Crippen molar-refractivity contribution >= 4 is 22.6 Å². The summed E-state index contributed by atoms with van der Waals surface area (Å²) in [4.78, 5) is 0. The second-order valence-corrected chi connectivity index (χ2v) is 6.57. The fourth-order valence-electron chi connectivity index (χ4n) is 2.36. The maximum absolute atomic E-state index is 6.33. The molecule has 0 fully saturated rings. The lowest BCUT2D eigenvalue weighted by atomic mass is 10.0. The molecule has 104 valence electrons. The van der Waals surface area contributed by atoms with E-state index in [-0.39, 0.29) is 5.54 Å². The van der Waals surface area contributed by atoms with E-state index in [0.717, 1.165) is 34.7 Å². The van der Waals surface area contributed by atoms with Gasteiger partial charge in [0.05, 0.1) is 6.26 Å². The van der Waals surface area contributed by atoms with Crippen LogP contribution in [0.1, 0.15) is 37.5 Å². The Kier molecular flexibility index (Phi) is 3.93. The summed E-state index contributed by atoms with van der Waals surface area (Å²) in [7, 11) is 0. The highest BCUT2D eigenvalue weighted by Gasteiger charge is 2.14. The zero-order valence-corrected chi connectivity index (χ0v) is 13.1. The predicted octanol–water partition coefficient (Wildman–Crippen LogP) is 4.63. The van der Waals surface area contributed by atoms with E-state index in [2.05, 4.69) is 33.0 Å². The molecule has 1 aromatic heterocycles. The van der Waals surface area contributed by atoms with Crippen LogP contribution in [0.4, 0.5) is 0 Å². The number of aryl methyl sites for hydroxylation is 2. The molecule has 19 heavy (non-hydrogen) atoms. The lowest BCUT2D eigenvalue weighted by Crippen LogP contribution is -2.37. The molecule has 1 heterocycles. The molecular formula is C16H22ClNO. The Morgan fingerprint density at radius 1 is 1.26 bits per heavy atom. The summed E-state index contributed by atoms with van der Waals surface area (Å²) in [5.41, 5.74) is 4.50. The lowest BCUT2D eigenvalue weighted by molar-refractivity contribution is 0.429. The molecule has 0 spiro atoms. The Labute approximate surface area is 120 Å². The van der Waals surface area contributed by atoms with Crippen molar-refractivity contribution in [1.82, 2.24) is 5.32 Å². The van der Waals surface area contributed by atoms with Gasteiger partial charge in [-0.25, -0.2) is 0 Å². The van der Waals surface area contributed by atoms with Crippen molar-refractivity contribution in [2.75, 3.05) is 6.54 Å². The van der Waals surface area contributed by atoms with E-state index in [1.54, 1.807) is 0 Å². The fraction of sp³-hybridized carbons (Fsp3) is 0.500. The molecular weight excluding hydrogens is 258 g/mol. The van der Waals surface area contributed by atoms with Gasteiger partial charge in [0.1, 0.15) is 5.58 Å². The Bertz CT molecular complexity index is 593. The second-order valence-electron chi connectivity index (χ2n) is 6.19. The number of halogens is 1. The first-order valence-corrected chi connectivity index (χ1v) is 7.08. The quantitative estimate of drug-likeness (QED) is 0.886. The average Bonchev–Trinajstić information content (AvgIpc) is 2.68. The minimum Gasteiger partial charge on any atom is -0.464 e. The number of fused-ring (bicyclic) bond motifs is 1. The van der Waals surface area contributed by atoms with Crippen LogP contribution < -0.4 is 5.32 Å². The Hall–Kier alpha value is -0.990. The van der Waals surface area contributed by atoms with Gasteiger partial charge in [0.2, 0.25) is 0 Å². The summed E-state index contributed by atoms with van der Waals surface area (Å²) in [6, 6.07) is 2.02. The molecule has 0 saturated heterocycles. The normalized spacial score (nSPS) is 12.3. The third-order valence-corrected chi connectivity index (χ3v) is 3.92. The smallest absolute Gasteiger partial charge is 0.134 e. The number of benzene rings is 1. The van der Waals surface area contributed by atoms with Gasteiger partial charge in [-0.15, -0.1) is 0 Å². The molecule has 0 amide bonds. The van der Waals surface area contributed by atoms with Gasteiger partial charge in [0.25, 0.3) is 0 Å². The molecule has 2 rings (SSSR count). The van der Waals surface area contributed by atoms with Crippen molar-refractivity contribution in [2.45, 2.75) is 46.6 Å². The van der Waals surface area contributed by atoms with Crippen molar-refractivity contribution in [3.63, 3.8) is 0 Å². The zero-order chi connectivity index (χ0) is 14.2. The van der Waals surface area contributed by atoms with Gasteiger partial charge in [-0.1, -0.05) is 11.6 Å². The Balaban J connectivity index is 2.28. The summed E-state index contributed by atoms with van der Waals surface area (Å²) < 4.78 is 5.66. The highest BCUT2D eigenvalue weighted by atomic mass is 35.5. The molecule has 0 saturated carbocycles. The number of nitrogens with one attached hydrogen (secondary N) is 1. The largest absolute Gasteiger partial charge is 0.464 e. The molecule has 0 aliphatic heterocycles. The molecule has 1 aromatic carbocycles. The van der Waals surface area contributed by atoms with Crippen LogP contribution >= 0.6 is 11.6 Å². The van der Waals surface area contributed by atoms with E-state index in [0.29, 0.717) is 0 Å². The molecule has 2 nitrogen and oxygen atoms in total. The third-order valence-electron chi connectivity index (χ3n) is 3.34. The molecule has 0 atom stereocenters. The minimum atomic E-state index is 0.142. The fourth-order valence-corrected chi connectivity index (χ4v) is 2.51. The number of hydrogen-bond acceptors (Lipinski definition) is 2. The molecule has 0 aliphatic carbocycles. The van der Waals surface area contributed by atoms with E-state index < -0.39 is 0 Å². The summed E-state index contributed by atoms with van der Waals surface area (Å²) in [6.45, 7) is 11.5. The molecule has 0 unspecified atom stereocenters. The van der Waals surface area contributed by atoms with Crippen LogP contribution in [0.25, 0.3) is 11.0 Å². The molecule has 1 N–H and O–H groups in total. The predicted molar refractivity (Wildman–Crippen MR) is 82.2 cm³/mol. The second kappa shape index (κ2) is 5.18. The molecule has 0 radical (unpaired) electrons. The van der Waals surface area contributed by atoms with Crippen molar-refractivity contribution < 1.29 is 4.42 Å². The van der Waals surface area contributed by atoms with Crippen molar-refractivity contribution in [1.29, 1.82) is 0 Å². The maximum Gasteiger partial charge on any atom is 0.134 e. The lowest BCUT2D eigenvalue weighted by Gasteiger charge is -2.20. The summed E-state index contributed by atoms with van der Waals surface area (Å²) in [5.74, 6) is 0. The molecule has 0 bridgehead atoms. The third kappa shape index (κ3) is 3.13. The van der Waals surface area contributed by atoms with Crippen LogP contribution in [0, 0.1) is 13.8 Å². The summed E-state index contributed by atoms with van der Waals surface area (Å²) in [5, 5.41) is 5.51. The van der Waals surface area contributed by atoms with Crippen molar-refractivity contribution in [2.24, 2.45) is 0 Å². The van der Waals surface area contributed by atoms with Gasteiger partial charge < -0.3 is 9.73 Å². The van der Waals surface area contributed by atoms with E-state index >= 15 is 0 Å². The van der Waals surface area contributed by atoms with Gasteiger partial charge >= 0.3 is 0 Å². The van der Waals surface area contributed by atoms with Gasteiger partial charge in [0, 0.05) is 15.9 Å². The summed E-state index contributed by atoms with van der Waals surface area (Å²) in [6.07, 6.45) is 2.81. The van der Waals surface area contributed by atoms with Crippen molar-refractivity contribution in [3.8, 4) is 0 Å². The number of hydrogen-bond donors (Lipinski definition) is 1. The molecule has 3 heteroatoms. The van der Waals surface area contributed by atoms with Crippen LogP contribution in [-0.2, 0) is 6.42 Å². The van der Waals surface area contributed by atoms with Crippen molar-refractivity contribution in [3.05, 3.63) is 34.0 Å². The number of rotatable bonds is 3. The van der Waals surface area contributed by atoms with Crippen LogP contribution in [-0.4, -0.2) is 12.1 Å². The highest BCUT2D eigenvalue weighted by Crippen LogP contribution is 2.32. The van der Waals surface area contributed by atoms with E-state index in [9.17, 15) is 0 Å². The van der Waals surface area contributed by atoms with Gasteiger partial charge in [-0.2, -0.15) is 0 Å². The summed E-state index contributed by atoms with van der Waals surface area (Å²) >= 11 is 6.33. The SMILES string of the molecule is Cc1cc2occ(CCNC(C)(C)C)c2c(C)c1Cl. The first kappa shape index (κ1) is 14.4. The van der Waals surface area contributed by atoms with Crippen LogP contribution in [0.15, 0.2) is 16.7 Å². The molecule has 0 aliphatic rings. The van der Waals surface area contributed by atoms with Gasteiger partial charge in [-0.05, 0) is 70.3 Å². The standard InChI is InChI=1S/C16H22ClNO/c1-10-8-13-14(11(2)15(10)17)12(9-19-13)6-7-18-16(3,4)5/h8-9,18H,6-7H2,1-5H3. The number of furan rings is 1. The zero-order valence-electron chi connectivity index (χ0n) is 12.4. The first-order chi connectivity index (χ1) is 8.79. The van der Waals surface area contributed by atoms with Crippen LogP contribution in [0.2, 0.25) is 5.02 Å². The molecule has 2 aromatic rings. The Morgan fingerprint density at radius 3 is 2.58 bits per heavy atom.